The fourth-order valence-corrected chi connectivity index (χ4v) is 2.83. The van der Waals surface area contributed by atoms with E-state index < -0.39 is 0 Å². The summed E-state index contributed by atoms with van der Waals surface area (Å²) in [5.41, 5.74) is 5.70. The van der Waals surface area contributed by atoms with Crippen molar-refractivity contribution in [2.24, 2.45) is 0 Å². The number of unbranched alkanes of at least 4 members (excludes halogenated alkanes) is 2. The van der Waals surface area contributed by atoms with Crippen LogP contribution in [0.2, 0.25) is 0 Å². The summed E-state index contributed by atoms with van der Waals surface area (Å²) in [7, 11) is 0. The Bertz CT molecular complexity index is 345. The third kappa shape index (κ3) is 4.04. The van der Waals surface area contributed by atoms with Crippen molar-refractivity contribution in [3.8, 4) is 0 Å². The first kappa shape index (κ1) is 15.1. The van der Waals surface area contributed by atoms with Gasteiger partial charge in [-0.1, -0.05) is 44.4 Å². The van der Waals surface area contributed by atoms with Gasteiger partial charge in [-0.25, -0.2) is 0 Å². The molecule has 0 saturated heterocycles. The second-order valence-electron chi connectivity index (χ2n) is 5.44. The molecule has 102 valence electrons. The zero-order valence-electron chi connectivity index (χ0n) is 12.8. The van der Waals surface area contributed by atoms with E-state index in [1.807, 2.05) is 0 Å². The predicted molar refractivity (Wildman–Crippen MR) is 82.7 cm³/mol. The molecule has 0 spiro atoms. The molecular formula is C17H29N. The van der Waals surface area contributed by atoms with E-state index >= 15 is 0 Å². The average molecular weight is 247 g/mol. The summed E-state index contributed by atoms with van der Waals surface area (Å²) in [6.45, 7) is 13.6. The van der Waals surface area contributed by atoms with Gasteiger partial charge in [0.05, 0.1) is 0 Å². The zero-order valence-corrected chi connectivity index (χ0v) is 12.8. The monoisotopic (exact) mass is 247 g/mol. The number of hydrogen-bond donors (Lipinski definition) is 0. The van der Waals surface area contributed by atoms with Crippen molar-refractivity contribution in [3.63, 3.8) is 0 Å². The molecule has 1 heteroatoms. The van der Waals surface area contributed by atoms with Gasteiger partial charge in [-0.15, -0.1) is 0 Å². The smallest absolute Gasteiger partial charge is 0.0425 e. The summed E-state index contributed by atoms with van der Waals surface area (Å²) in [5, 5.41) is 0. The lowest BCUT2D eigenvalue weighted by atomic mass is 10.0. The van der Waals surface area contributed by atoms with Gasteiger partial charge in [0.1, 0.15) is 0 Å². The van der Waals surface area contributed by atoms with Crippen LogP contribution in [0.25, 0.3) is 0 Å². The maximum atomic E-state index is 2.58. The number of nitrogens with zero attached hydrogens (tertiary/aromatic N) is 1. The molecule has 1 aromatic rings. The Morgan fingerprint density at radius 2 is 1.44 bits per heavy atom. The minimum Gasteiger partial charge on any atom is -0.371 e. The number of aryl methyl sites for hydroxylation is 3. The van der Waals surface area contributed by atoms with E-state index in [0.29, 0.717) is 0 Å². The maximum Gasteiger partial charge on any atom is 0.0425 e. The Hall–Kier alpha value is -0.980. The minimum absolute atomic E-state index is 1.18. The number of hydrogen-bond acceptors (Lipinski definition) is 1. The highest BCUT2D eigenvalue weighted by molar-refractivity contribution is 5.60. The molecule has 0 radical (unpaired) electrons. The predicted octanol–water partition coefficient (Wildman–Crippen LogP) is 5.02. The Morgan fingerprint density at radius 3 is 1.94 bits per heavy atom. The molecule has 1 rings (SSSR count). The number of anilines is 1. The van der Waals surface area contributed by atoms with Crippen molar-refractivity contribution in [1.82, 2.24) is 0 Å². The first-order valence-corrected chi connectivity index (χ1v) is 7.42. The van der Waals surface area contributed by atoms with Crippen molar-refractivity contribution in [2.75, 3.05) is 18.0 Å². The normalized spacial score (nSPS) is 10.7. The van der Waals surface area contributed by atoms with Crippen molar-refractivity contribution >= 4 is 5.69 Å². The van der Waals surface area contributed by atoms with E-state index in [9.17, 15) is 0 Å². The highest BCUT2D eigenvalue weighted by Crippen LogP contribution is 2.26. The van der Waals surface area contributed by atoms with Gasteiger partial charge in [-0.2, -0.15) is 0 Å². The quantitative estimate of drug-likeness (QED) is 0.612. The van der Waals surface area contributed by atoms with Crippen LogP contribution in [0.15, 0.2) is 12.1 Å². The first-order chi connectivity index (χ1) is 8.60. The van der Waals surface area contributed by atoms with Crippen LogP contribution in [0.3, 0.4) is 0 Å². The molecule has 1 aromatic carbocycles. The van der Waals surface area contributed by atoms with Gasteiger partial charge < -0.3 is 4.90 Å². The van der Waals surface area contributed by atoms with E-state index in [0.717, 1.165) is 0 Å². The fraction of sp³-hybridized carbons (Fsp3) is 0.647. The van der Waals surface area contributed by atoms with Gasteiger partial charge in [0, 0.05) is 18.8 Å². The average Bonchev–Trinajstić information content (AvgIpc) is 2.28. The van der Waals surface area contributed by atoms with Crippen LogP contribution < -0.4 is 4.90 Å². The van der Waals surface area contributed by atoms with Gasteiger partial charge >= 0.3 is 0 Å². The Balaban J connectivity index is 2.90. The largest absolute Gasteiger partial charge is 0.371 e. The molecule has 0 fully saturated rings. The van der Waals surface area contributed by atoms with Gasteiger partial charge in [0.15, 0.2) is 0 Å². The lowest BCUT2D eigenvalue weighted by molar-refractivity contribution is 0.666. The van der Waals surface area contributed by atoms with Crippen LogP contribution in [0.4, 0.5) is 5.69 Å². The Kier molecular flexibility index (Phi) is 6.24. The molecular weight excluding hydrogens is 218 g/mol. The van der Waals surface area contributed by atoms with Crippen molar-refractivity contribution in [1.29, 1.82) is 0 Å². The molecule has 0 N–H and O–H groups in total. The summed E-state index contributed by atoms with van der Waals surface area (Å²) < 4.78 is 0. The minimum atomic E-state index is 1.18. The van der Waals surface area contributed by atoms with Crippen molar-refractivity contribution in [2.45, 2.75) is 60.3 Å². The molecule has 0 atom stereocenters. The van der Waals surface area contributed by atoms with Crippen molar-refractivity contribution in [3.05, 3.63) is 28.8 Å². The van der Waals surface area contributed by atoms with E-state index in [4.69, 9.17) is 0 Å². The molecule has 0 amide bonds. The van der Waals surface area contributed by atoms with Crippen LogP contribution in [-0.4, -0.2) is 13.1 Å². The fourth-order valence-electron chi connectivity index (χ4n) is 2.83. The van der Waals surface area contributed by atoms with Gasteiger partial charge in [0.25, 0.3) is 0 Å². The van der Waals surface area contributed by atoms with Crippen LogP contribution in [0, 0.1) is 20.8 Å². The summed E-state index contributed by atoms with van der Waals surface area (Å²) in [6, 6.07) is 4.62. The summed E-state index contributed by atoms with van der Waals surface area (Å²) >= 11 is 0. The summed E-state index contributed by atoms with van der Waals surface area (Å²) in [4.78, 5) is 2.58. The Labute approximate surface area is 113 Å². The maximum absolute atomic E-state index is 2.58. The topological polar surface area (TPSA) is 3.24 Å². The molecule has 0 aliphatic heterocycles. The van der Waals surface area contributed by atoms with E-state index in [-0.39, 0.29) is 0 Å². The van der Waals surface area contributed by atoms with Gasteiger partial charge in [-0.3, -0.25) is 0 Å². The lowest BCUT2D eigenvalue weighted by Gasteiger charge is -2.28. The number of rotatable bonds is 7. The van der Waals surface area contributed by atoms with Crippen LogP contribution >= 0.6 is 0 Å². The van der Waals surface area contributed by atoms with Crippen molar-refractivity contribution < 1.29 is 0 Å². The van der Waals surface area contributed by atoms with E-state index in [1.165, 1.54) is 61.2 Å². The molecule has 0 heterocycles. The third-order valence-corrected chi connectivity index (χ3v) is 3.48. The summed E-state index contributed by atoms with van der Waals surface area (Å²) in [5.74, 6) is 0. The molecule has 0 aliphatic carbocycles. The molecule has 0 unspecified atom stereocenters. The second kappa shape index (κ2) is 7.45. The van der Waals surface area contributed by atoms with Crippen LogP contribution in [0.5, 0.6) is 0 Å². The molecule has 0 aromatic heterocycles. The molecule has 0 bridgehead atoms. The van der Waals surface area contributed by atoms with Crippen LogP contribution in [0.1, 0.15) is 56.2 Å². The van der Waals surface area contributed by atoms with E-state index in [1.54, 1.807) is 0 Å². The highest BCUT2D eigenvalue weighted by Gasteiger charge is 2.11. The third-order valence-electron chi connectivity index (χ3n) is 3.48. The second-order valence-corrected chi connectivity index (χ2v) is 5.44. The SMILES string of the molecule is CCCCCN(CCC)c1c(C)cc(C)cc1C. The molecule has 18 heavy (non-hydrogen) atoms. The molecule has 0 saturated carbocycles. The molecule has 0 aliphatic rings. The van der Waals surface area contributed by atoms with Gasteiger partial charge in [-0.05, 0) is 44.7 Å². The van der Waals surface area contributed by atoms with E-state index in [2.05, 4.69) is 51.7 Å². The first-order valence-electron chi connectivity index (χ1n) is 7.42. The van der Waals surface area contributed by atoms with Gasteiger partial charge in [0.2, 0.25) is 0 Å². The summed E-state index contributed by atoms with van der Waals surface area (Å²) in [6.07, 6.45) is 5.16. The standard InChI is InChI=1S/C17H29N/c1-6-8-9-11-18(10-7-2)17-15(4)12-14(3)13-16(17)5/h12-13H,6-11H2,1-5H3. The molecule has 1 nitrogen and oxygen atoms in total. The Morgan fingerprint density at radius 1 is 0.833 bits per heavy atom. The zero-order chi connectivity index (χ0) is 13.5. The van der Waals surface area contributed by atoms with Crippen LogP contribution in [-0.2, 0) is 0 Å². The lowest BCUT2D eigenvalue weighted by Crippen LogP contribution is -2.27. The highest BCUT2D eigenvalue weighted by atomic mass is 15.1. The number of benzene rings is 1.